The molecule has 1 atom stereocenters. The second-order valence-corrected chi connectivity index (χ2v) is 8.43. The van der Waals surface area contributed by atoms with Crippen LogP contribution in [0, 0.1) is 0 Å². The highest BCUT2D eigenvalue weighted by molar-refractivity contribution is 4.87. The van der Waals surface area contributed by atoms with Crippen LogP contribution in [0.4, 0.5) is 0 Å². The molecule has 6 nitrogen and oxygen atoms in total. The summed E-state index contributed by atoms with van der Waals surface area (Å²) in [6.07, 6.45) is 17.6. The monoisotopic (exact) mass is 433 g/mol. The normalized spacial score (nSPS) is 12.1. The van der Waals surface area contributed by atoms with Crippen LogP contribution in [0.25, 0.3) is 0 Å². The number of nitrogens with zero attached hydrogens (tertiary/aromatic N) is 3. The molecule has 176 valence electrons. The van der Waals surface area contributed by atoms with Crippen LogP contribution in [0.2, 0.25) is 0 Å². The Bertz CT molecular complexity index is 784. The molecule has 0 amide bonds. The third-order valence-corrected chi connectivity index (χ3v) is 5.86. The summed E-state index contributed by atoms with van der Waals surface area (Å²) in [7, 11) is 0. The Labute approximate surface area is 187 Å². The van der Waals surface area contributed by atoms with Gasteiger partial charge in [-0.2, -0.15) is 0 Å². The summed E-state index contributed by atoms with van der Waals surface area (Å²) in [4.78, 5) is 38.7. The standard InChI is InChI=1S/C25H43N3O3/c1-5-9-11-12-13-14-15-16-17-19-22(18-10-6-2)28-24(30)26(20-7-3)23(29)27(21-8-4)25(28)31/h7-8,22H,3-6,9-21H2,1-2H3. The summed E-state index contributed by atoms with van der Waals surface area (Å²) in [5, 5.41) is 0. The van der Waals surface area contributed by atoms with Crippen LogP contribution in [-0.2, 0) is 13.1 Å². The van der Waals surface area contributed by atoms with E-state index in [9.17, 15) is 14.4 Å². The molecule has 0 spiro atoms. The van der Waals surface area contributed by atoms with E-state index in [1.54, 1.807) is 0 Å². The topological polar surface area (TPSA) is 66.0 Å². The van der Waals surface area contributed by atoms with Gasteiger partial charge in [0.05, 0.1) is 13.1 Å². The molecule has 1 heterocycles. The smallest absolute Gasteiger partial charge is 0.247 e. The van der Waals surface area contributed by atoms with Gasteiger partial charge in [-0.1, -0.05) is 96.6 Å². The lowest BCUT2D eigenvalue weighted by molar-refractivity contribution is 0.346. The Morgan fingerprint density at radius 1 is 0.645 bits per heavy atom. The Kier molecular flexibility index (Phi) is 13.6. The molecule has 0 bridgehead atoms. The van der Waals surface area contributed by atoms with E-state index >= 15 is 0 Å². The Hall–Kier alpha value is -2.11. The van der Waals surface area contributed by atoms with Gasteiger partial charge in [-0.25, -0.2) is 28.1 Å². The predicted molar refractivity (Wildman–Crippen MR) is 130 cm³/mol. The molecule has 31 heavy (non-hydrogen) atoms. The van der Waals surface area contributed by atoms with Crippen molar-refractivity contribution in [3.63, 3.8) is 0 Å². The first-order chi connectivity index (χ1) is 15.0. The second-order valence-electron chi connectivity index (χ2n) is 8.43. The van der Waals surface area contributed by atoms with Crippen LogP contribution in [0.5, 0.6) is 0 Å². The maximum Gasteiger partial charge on any atom is 0.336 e. The van der Waals surface area contributed by atoms with Gasteiger partial charge in [0.25, 0.3) is 0 Å². The van der Waals surface area contributed by atoms with E-state index in [4.69, 9.17) is 0 Å². The van der Waals surface area contributed by atoms with Crippen molar-refractivity contribution in [3.8, 4) is 0 Å². The SMILES string of the molecule is C=CCn1c(=O)n(CC=C)c(=O)n(C(CCCC)CCCCCCCCCCC)c1=O. The Morgan fingerprint density at radius 2 is 1.06 bits per heavy atom. The Balaban J connectivity index is 2.96. The zero-order valence-corrected chi connectivity index (χ0v) is 19.8. The lowest BCUT2D eigenvalue weighted by atomic mass is 10.0. The van der Waals surface area contributed by atoms with Crippen LogP contribution in [-0.4, -0.2) is 13.7 Å². The summed E-state index contributed by atoms with van der Waals surface area (Å²) in [6, 6.07) is -0.183. The molecule has 0 aliphatic heterocycles. The molecule has 0 radical (unpaired) electrons. The van der Waals surface area contributed by atoms with Crippen molar-refractivity contribution in [1.82, 2.24) is 13.7 Å². The molecule has 0 aliphatic carbocycles. The van der Waals surface area contributed by atoms with Gasteiger partial charge in [0.2, 0.25) is 0 Å². The van der Waals surface area contributed by atoms with Crippen LogP contribution in [0.1, 0.15) is 103 Å². The Morgan fingerprint density at radius 3 is 1.52 bits per heavy atom. The van der Waals surface area contributed by atoms with Crippen molar-refractivity contribution in [2.45, 2.75) is 116 Å². The molecule has 1 aromatic rings. The largest absolute Gasteiger partial charge is 0.336 e. The summed E-state index contributed by atoms with van der Waals surface area (Å²) in [5.74, 6) is 0. The highest BCUT2D eigenvalue weighted by Gasteiger charge is 2.21. The molecule has 1 aromatic heterocycles. The molecule has 0 saturated carbocycles. The number of rotatable bonds is 18. The first-order valence-electron chi connectivity index (χ1n) is 12.2. The minimum absolute atomic E-state index is 0.0909. The first-order valence-corrected chi connectivity index (χ1v) is 12.2. The zero-order valence-electron chi connectivity index (χ0n) is 19.8. The van der Waals surface area contributed by atoms with Crippen molar-refractivity contribution >= 4 is 0 Å². The van der Waals surface area contributed by atoms with Crippen molar-refractivity contribution in [1.29, 1.82) is 0 Å². The van der Waals surface area contributed by atoms with Crippen LogP contribution in [0.3, 0.4) is 0 Å². The maximum absolute atomic E-state index is 13.1. The molecule has 0 fully saturated rings. The van der Waals surface area contributed by atoms with E-state index < -0.39 is 17.1 Å². The summed E-state index contributed by atoms with van der Waals surface area (Å²) >= 11 is 0. The average molecular weight is 434 g/mol. The molecule has 1 rings (SSSR count). The molecule has 1 unspecified atom stereocenters. The van der Waals surface area contributed by atoms with Crippen molar-refractivity contribution in [3.05, 3.63) is 56.8 Å². The first kappa shape index (κ1) is 26.9. The lowest BCUT2D eigenvalue weighted by Gasteiger charge is -2.21. The molecular formula is C25H43N3O3. The van der Waals surface area contributed by atoms with Crippen LogP contribution < -0.4 is 17.1 Å². The van der Waals surface area contributed by atoms with Gasteiger partial charge in [-0.15, -0.1) is 13.2 Å². The van der Waals surface area contributed by atoms with E-state index in [1.807, 2.05) is 0 Å². The van der Waals surface area contributed by atoms with Crippen LogP contribution in [0.15, 0.2) is 39.7 Å². The van der Waals surface area contributed by atoms with E-state index in [0.717, 1.165) is 47.7 Å². The summed E-state index contributed by atoms with van der Waals surface area (Å²) in [5.41, 5.74) is -1.64. The van der Waals surface area contributed by atoms with Crippen molar-refractivity contribution in [2.24, 2.45) is 0 Å². The lowest BCUT2D eigenvalue weighted by Crippen LogP contribution is -2.55. The fourth-order valence-electron chi connectivity index (χ4n) is 4.07. The highest BCUT2D eigenvalue weighted by Crippen LogP contribution is 2.20. The van der Waals surface area contributed by atoms with Gasteiger partial charge in [0.15, 0.2) is 0 Å². The quantitative estimate of drug-likeness (QED) is 0.236. The minimum atomic E-state index is -0.594. The van der Waals surface area contributed by atoms with Gasteiger partial charge in [0, 0.05) is 6.04 Å². The van der Waals surface area contributed by atoms with Crippen molar-refractivity contribution < 1.29 is 0 Å². The zero-order chi connectivity index (χ0) is 23.1. The maximum atomic E-state index is 13.1. The average Bonchev–Trinajstić information content (AvgIpc) is 2.76. The number of aromatic nitrogens is 3. The fraction of sp³-hybridized carbons (Fsp3) is 0.720. The molecule has 0 aliphatic rings. The van der Waals surface area contributed by atoms with Gasteiger partial charge in [-0.05, 0) is 12.8 Å². The van der Waals surface area contributed by atoms with Crippen molar-refractivity contribution in [2.75, 3.05) is 0 Å². The van der Waals surface area contributed by atoms with Gasteiger partial charge >= 0.3 is 17.1 Å². The number of hydrogen-bond donors (Lipinski definition) is 0. The molecular weight excluding hydrogens is 390 g/mol. The molecule has 6 heteroatoms. The van der Waals surface area contributed by atoms with E-state index in [1.165, 1.54) is 61.7 Å². The van der Waals surface area contributed by atoms with Gasteiger partial charge in [-0.3, -0.25) is 0 Å². The number of unbranched alkanes of at least 4 members (excludes halogenated alkanes) is 9. The molecule has 0 aromatic carbocycles. The summed E-state index contributed by atoms with van der Waals surface area (Å²) < 4.78 is 3.52. The number of hydrogen-bond acceptors (Lipinski definition) is 3. The molecule has 0 N–H and O–H groups in total. The predicted octanol–water partition coefficient (Wildman–Crippen LogP) is 5.20. The van der Waals surface area contributed by atoms with E-state index in [2.05, 4.69) is 27.0 Å². The summed E-state index contributed by atoms with van der Waals surface area (Å²) in [6.45, 7) is 11.8. The van der Waals surface area contributed by atoms with Crippen LogP contribution >= 0.6 is 0 Å². The van der Waals surface area contributed by atoms with Gasteiger partial charge in [0.1, 0.15) is 0 Å². The highest BCUT2D eigenvalue weighted by atomic mass is 16.2. The fourth-order valence-corrected chi connectivity index (χ4v) is 4.07. The van der Waals surface area contributed by atoms with E-state index in [-0.39, 0.29) is 19.1 Å². The molecule has 0 saturated heterocycles. The minimum Gasteiger partial charge on any atom is -0.247 e. The van der Waals surface area contributed by atoms with E-state index in [0.29, 0.717) is 0 Å². The third-order valence-electron chi connectivity index (χ3n) is 5.86. The van der Waals surface area contributed by atoms with Gasteiger partial charge < -0.3 is 0 Å². The second kappa shape index (κ2) is 15.7. The third kappa shape index (κ3) is 8.50. The number of allylic oxidation sites excluding steroid dienone is 2.